The van der Waals surface area contributed by atoms with Crippen LogP contribution in [0.25, 0.3) is 0 Å². The number of aryl methyl sites for hydroxylation is 1. The summed E-state index contributed by atoms with van der Waals surface area (Å²) < 4.78 is 0. The lowest BCUT2D eigenvalue weighted by atomic mass is 9.94. The van der Waals surface area contributed by atoms with Crippen molar-refractivity contribution in [1.82, 2.24) is 10.2 Å². The maximum Gasteiger partial charge on any atom is 0.170 e. The monoisotopic (exact) mass is 287 g/mol. The third kappa shape index (κ3) is 2.86. The van der Waals surface area contributed by atoms with Crippen LogP contribution in [0, 0.1) is 11.3 Å². The van der Waals surface area contributed by atoms with E-state index in [9.17, 15) is 5.26 Å². The number of hydrogen-bond acceptors (Lipinski definition) is 5. The molecule has 2 rings (SSSR count). The zero-order valence-electron chi connectivity index (χ0n) is 13.3. The Morgan fingerprint density at radius 1 is 1.29 bits per heavy atom. The molecule has 2 N–H and O–H groups in total. The Hall–Kier alpha value is -1.67. The molecular weight excluding hydrogens is 262 g/mol. The van der Waals surface area contributed by atoms with E-state index in [4.69, 9.17) is 5.73 Å². The first-order valence-electron chi connectivity index (χ1n) is 7.94. The van der Waals surface area contributed by atoms with Crippen molar-refractivity contribution in [3.8, 4) is 6.07 Å². The van der Waals surface area contributed by atoms with Crippen molar-refractivity contribution in [3.63, 3.8) is 0 Å². The molecule has 0 bridgehead atoms. The molecule has 0 spiro atoms. The molecule has 1 aromatic rings. The molecule has 2 unspecified atom stereocenters. The van der Waals surface area contributed by atoms with E-state index in [1.165, 1.54) is 6.42 Å². The summed E-state index contributed by atoms with van der Waals surface area (Å²) in [6, 6.07) is 2.98. The van der Waals surface area contributed by atoms with Gasteiger partial charge < -0.3 is 10.6 Å². The number of rotatable bonds is 4. The first-order valence-corrected chi connectivity index (χ1v) is 7.94. The van der Waals surface area contributed by atoms with Gasteiger partial charge in [0, 0.05) is 18.6 Å². The standard InChI is InChI=1S/C16H25N5/c1-4-13-14(10-18)16(20-19-15(13)5-2)21-11(3)7-6-8-12(21)9-17/h11-12H,4-9,17H2,1-3H3. The second kappa shape index (κ2) is 6.86. The summed E-state index contributed by atoms with van der Waals surface area (Å²) in [4.78, 5) is 2.23. The second-order valence-corrected chi connectivity index (χ2v) is 5.72. The molecule has 0 radical (unpaired) electrons. The predicted molar refractivity (Wildman–Crippen MR) is 84.1 cm³/mol. The molecule has 2 heterocycles. The minimum Gasteiger partial charge on any atom is -0.347 e. The Morgan fingerprint density at radius 3 is 2.62 bits per heavy atom. The van der Waals surface area contributed by atoms with Gasteiger partial charge in [0.05, 0.1) is 5.69 Å². The average Bonchev–Trinajstić information content (AvgIpc) is 2.52. The molecule has 5 heteroatoms. The Bertz CT molecular complexity index is 534. The van der Waals surface area contributed by atoms with Crippen molar-refractivity contribution in [2.24, 2.45) is 5.73 Å². The fourth-order valence-electron chi connectivity index (χ4n) is 3.36. The van der Waals surface area contributed by atoms with Crippen molar-refractivity contribution in [1.29, 1.82) is 5.26 Å². The van der Waals surface area contributed by atoms with Crippen LogP contribution in [0.1, 0.15) is 56.9 Å². The van der Waals surface area contributed by atoms with E-state index in [0.717, 1.165) is 42.8 Å². The maximum absolute atomic E-state index is 9.65. The Morgan fingerprint density at radius 2 is 2.05 bits per heavy atom. The van der Waals surface area contributed by atoms with Crippen LogP contribution >= 0.6 is 0 Å². The molecule has 0 aromatic carbocycles. The third-order valence-electron chi connectivity index (χ3n) is 4.48. The number of aromatic nitrogens is 2. The highest BCUT2D eigenvalue weighted by Crippen LogP contribution is 2.31. The predicted octanol–water partition coefficient (Wildman–Crippen LogP) is 2.18. The summed E-state index contributed by atoms with van der Waals surface area (Å²) in [6.45, 7) is 6.90. The number of anilines is 1. The first-order chi connectivity index (χ1) is 10.2. The molecular formula is C16H25N5. The topological polar surface area (TPSA) is 78.8 Å². The fourth-order valence-corrected chi connectivity index (χ4v) is 3.36. The lowest BCUT2D eigenvalue weighted by molar-refractivity contribution is 0.396. The SMILES string of the molecule is CCc1nnc(N2C(C)CCCC2CN)c(C#N)c1CC. The van der Waals surface area contributed by atoms with Crippen molar-refractivity contribution in [2.75, 3.05) is 11.4 Å². The minimum absolute atomic E-state index is 0.257. The van der Waals surface area contributed by atoms with E-state index in [2.05, 4.69) is 41.9 Å². The maximum atomic E-state index is 9.65. The molecule has 2 atom stereocenters. The van der Waals surface area contributed by atoms with Gasteiger partial charge in [-0.2, -0.15) is 10.4 Å². The van der Waals surface area contributed by atoms with Crippen molar-refractivity contribution >= 4 is 5.82 Å². The highest BCUT2D eigenvalue weighted by molar-refractivity contribution is 5.59. The van der Waals surface area contributed by atoms with Crippen LogP contribution in [0.5, 0.6) is 0 Å². The average molecular weight is 287 g/mol. The van der Waals surface area contributed by atoms with Gasteiger partial charge in [0.1, 0.15) is 11.6 Å². The van der Waals surface area contributed by atoms with Crippen LogP contribution in [0.2, 0.25) is 0 Å². The van der Waals surface area contributed by atoms with Crippen LogP contribution in [0.3, 0.4) is 0 Å². The Labute approximate surface area is 127 Å². The molecule has 114 valence electrons. The quantitative estimate of drug-likeness (QED) is 0.918. The minimum atomic E-state index is 0.257. The molecule has 5 nitrogen and oxygen atoms in total. The zero-order chi connectivity index (χ0) is 15.4. The van der Waals surface area contributed by atoms with Gasteiger partial charge in [-0.1, -0.05) is 13.8 Å². The van der Waals surface area contributed by atoms with Gasteiger partial charge in [0.15, 0.2) is 5.82 Å². The molecule has 1 aromatic heterocycles. The van der Waals surface area contributed by atoms with Crippen molar-refractivity contribution in [2.45, 2.75) is 65.0 Å². The molecule has 21 heavy (non-hydrogen) atoms. The largest absolute Gasteiger partial charge is 0.347 e. The highest BCUT2D eigenvalue weighted by Gasteiger charge is 2.31. The van der Waals surface area contributed by atoms with E-state index in [1.807, 2.05) is 0 Å². The Kier molecular flexibility index (Phi) is 5.13. The zero-order valence-corrected chi connectivity index (χ0v) is 13.3. The molecule has 1 fully saturated rings. The number of hydrogen-bond donors (Lipinski definition) is 1. The van der Waals surface area contributed by atoms with Gasteiger partial charge in [0.2, 0.25) is 0 Å². The van der Waals surface area contributed by atoms with E-state index < -0.39 is 0 Å². The van der Waals surface area contributed by atoms with E-state index in [-0.39, 0.29) is 6.04 Å². The number of nitrogens with zero attached hydrogens (tertiary/aromatic N) is 4. The van der Waals surface area contributed by atoms with Crippen LogP contribution in [0.4, 0.5) is 5.82 Å². The summed E-state index contributed by atoms with van der Waals surface area (Å²) in [5.41, 5.74) is 8.61. The number of piperidine rings is 1. The Balaban J connectivity index is 2.54. The van der Waals surface area contributed by atoms with Crippen molar-refractivity contribution < 1.29 is 0 Å². The van der Waals surface area contributed by atoms with Crippen molar-refractivity contribution in [3.05, 3.63) is 16.8 Å². The normalized spacial score (nSPS) is 22.1. The van der Waals surface area contributed by atoms with E-state index in [1.54, 1.807) is 0 Å². The second-order valence-electron chi connectivity index (χ2n) is 5.72. The van der Waals surface area contributed by atoms with Gasteiger partial charge in [-0.25, -0.2) is 0 Å². The van der Waals surface area contributed by atoms with Crippen LogP contribution < -0.4 is 10.6 Å². The summed E-state index contributed by atoms with van der Waals surface area (Å²) in [6.07, 6.45) is 4.97. The van der Waals surface area contributed by atoms with Gasteiger partial charge in [0.25, 0.3) is 0 Å². The number of nitrogens with two attached hydrogens (primary N) is 1. The van der Waals surface area contributed by atoms with Gasteiger partial charge in [-0.05, 0) is 44.6 Å². The lowest BCUT2D eigenvalue weighted by Crippen LogP contribution is -2.50. The number of nitriles is 1. The molecule has 0 saturated carbocycles. The molecule has 0 amide bonds. The molecule has 1 saturated heterocycles. The smallest absolute Gasteiger partial charge is 0.170 e. The molecule has 0 aliphatic carbocycles. The third-order valence-corrected chi connectivity index (χ3v) is 4.48. The molecule has 1 aliphatic rings. The van der Waals surface area contributed by atoms with Crippen LogP contribution in [0.15, 0.2) is 0 Å². The molecule has 1 aliphatic heterocycles. The van der Waals surface area contributed by atoms with Gasteiger partial charge in [-0.15, -0.1) is 5.10 Å². The van der Waals surface area contributed by atoms with Gasteiger partial charge >= 0.3 is 0 Å². The van der Waals surface area contributed by atoms with Gasteiger partial charge in [-0.3, -0.25) is 0 Å². The summed E-state index contributed by atoms with van der Waals surface area (Å²) in [5, 5.41) is 18.4. The first kappa shape index (κ1) is 15.7. The summed E-state index contributed by atoms with van der Waals surface area (Å²) >= 11 is 0. The van der Waals surface area contributed by atoms with Crippen LogP contribution in [-0.4, -0.2) is 28.8 Å². The summed E-state index contributed by atoms with van der Waals surface area (Å²) in [7, 11) is 0. The highest BCUT2D eigenvalue weighted by atomic mass is 15.3. The van der Waals surface area contributed by atoms with E-state index >= 15 is 0 Å². The fraction of sp³-hybridized carbons (Fsp3) is 0.688. The lowest BCUT2D eigenvalue weighted by Gasteiger charge is -2.41. The summed E-state index contributed by atoms with van der Waals surface area (Å²) in [5.74, 6) is 0.731. The van der Waals surface area contributed by atoms with E-state index in [0.29, 0.717) is 18.2 Å². The van der Waals surface area contributed by atoms with Crippen LogP contribution in [-0.2, 0) is 12.8 Å².